The van der Waals surface area contributed by atoms with Crippen LogP contribution in [-0.4, -0.2) is 18.1 Å². The van der Waals surface area contributed by atoms with Gasteiger partial charge in [-0.2, -0.15) is 0 Å². The first kappa shape index (κ1) is 14.2. The number of rotatable bonds is 4. The molecular formula is C18H28N2S. The van der Waals surface area contributed by atoms with Gasteiger partial charge in [-0.15, -0.1) is 11.3 Å². The minimum Gasteiger partial charge on any atom is -0.316 e. The van der Waals surface area contributed by atoms with Gasteiger partial charge in [-0.1, -0.05) is 13.8 Å². The van der Waals surface area contributed by atoms with Crippen molar-refractivity contribution in [2.75, 3.05) is 7.05 Å². The molecule has 1 heterocycles. The molecule has 4 aliphatic rings. The van der Waals surface area contributed by atoms with Crippen molar-refractivity contribution in [1.82, 2.24) is 10.3 Å². The highest BCUT2D eigenvalue weighted by atomic mass is 32.1. The minimum absolute atomic E-state index is 0.529. The first-order chi connectivity index (χ1) is 9.94. The van der Waals surface area contributed by atoms with Crippen molar-refractivity contribution in [2.24, 2.45) is 22.2 Å². The molecule has 5 rings (SSSR count). The number of nitrogens with zero attached hydrogens (tertiary/aromatic N) is 1. The van der Waals surface area contributed by atoms with Gasteiger partial charge >= 0.3 is 0 Å². The molecule has 4 bridgehead atoms. The average Bonchev–Trinajstić information content (AvgIpc) is 2.83. The van der Waals surface area contributed by atoms with E-state index >= 15 is 0 Å². The molecule has 4 fully saturated rings. The molecule has 116 valence electrons. The van der Waals surface area contributed by atoms with Crippen molar-refractivity contribution in [3.05, 3.63) is 16.6 Å². The van der Waals surface area contributed by atoms with Crippen LogP contribution >= 0.6 is 11.3 Å². The summed E-state index contributed by atoms with van der Waals surface area (Å²) in [6.45, 7) is 5.15. The zero-order valence-corrected chi connectivity index (χ0v) is 14.4. The Morgan fingerprint density at radius 3 is 2.48 bits per heavy atom. The van der Waals surface area contributed by atoms with Crippen LogP contribution < -0.4 is 5.32 Å². The van der Waals surface area contributed by atoms with Crippen LogP contribution in [0.2, 0.25) is 0 Å². The smallest absolute Gasteiger partial charge is 0.0794 e. The van der Waals surface area contributed by atoms with Crippen LogP contribution in [0, 0.1) is 22.2 Å². The van der Waals surface area contributed by atoms with Crippen LogP contribution in [0.1, 0.15) is 57.2 Å². The number of nitrogens with one attached hydrogen (secondary N) is 1. The molecule has 4 aliphatic carbocycles. The lowest BCUT2D eigenvalue weighted by Gasteiger charge is -2.67. The summed E-state index contributed by atoms with van der Waals surface area (Å²) >= 11 is 1.82. The van der Waals surface area contributed by atoms with E-state index in [2.05, 4.69) is 37.4 Å². The monoisotopic (exact) mass is 304 g/mol. The van der Waals surface area contributed by atoms with Gasteiger partial charge in [0, 0.05) is 17.1 Å². The summed E-state index contributed by atoms with van der Waals surface area (Å²) in [6.07, 6.45) is 12.0. The fraction of sp³-hybridized carbons (Fsp3) is 0.833. The molecular weight excluding hydrogens is 276 g/mol. The molecule has 1 N–H and O–H groups in total. The van der Waals surface area contributed by atoms with E-state index < -0.39 is 0 Å². The average molecular weight is 305 g/mol. The summed E-state index contributed by atoms with van der Waals surface area (Å²) in [5.74, 6) is 0.980. The normalized spacial score (nSPS) is 46.0. The van der Waals surface area contributed by atoms with Crippen molar-refractivity contribution >= 4 is 11.3 Å². The summed E-state index contributed by atoms with van der Waals surface area (Å²) in [7, 11) is 2.18. The molecule has 0 saturated heterocycles. The van der Waals surface area contributed by atoms with Gasteiger partial charge in [0.1, 0.15) is 0 Å². The van der Waals surface area contributed by atoms with Crippen molar-refractivity contribution in [2.45, 2.75) is 64.8 Å². The van der Waals surface area contributed by atoms with E-state index in [0.717, 1.165) is 5.92 Å². The Balaban J connectivity index is 1.66. The van der Waals surface area contributed by atoms with Crippen molar-refractivity contribution in [1.29, 1.82) is 0 Å². The highest BCUT2D eigenvalue weighted by molar-refractivity contribution is 7.09. The fourth-order valence-electron chi connectivity index (χ4n) is 7.09. The molecule has 2 nitrogen and oxygen atoms in total. The maximum atomic E-state index is 4.27. The van der Waals surface area contributed by atoms with E-state index in [1.54, 1.807) is 0 Å². The highest BCUT2D eigenvalue weighted by Crippen LogP contribution is 2.70. The Labute approximate surface area is 132 Å². The summed E-state index contributed by atoms with van der Waals surface area (Å²) in [6, 6.07) is 0.625. The third-order valence-electron chi connectivity index (χ3n) is 6.65. The third-order valence-corrected chi connectivity index (χ3v) is 7.45. The lowest BCUT2D eigenvalue weighted by Crippen LogP contribution is -2.61. The second kappa shape index (κ2) is 4.55. The fourth-order valence-corrected chi connectivity index (χ4v) is 7.74. The van der Waals surface area contributed by atoms with Gasteiger partial charge in [0.25, 0.3) is 0 Å². The Morgan fingerprint density at radius 2 is 1.95 bits per heavy atom. The van der Waals surface area contributed by atoms with Crippen molar-refractivity contribution < 1.29 is 0 Å². The van der Waals surface area contributed by atoms with Gasteiger partial charge in [0.15, 0.2) is 0 Å². The van der Waals surface area contributed by atoms with Crippen molar-refractivity contribution in [3.63, 3.8) is 0 Å². The molecule has 4 saturated carbocycles. The maximum absolute atomic E-state index is 4.27. The molecule has 3 heteroatoms. The lowest BCUT2D eigenvalue weighted by molar-refractivity contribution is -0.157. The SMILES string of the molecule is CNC(Cc1cncs1)C12CC3CC(C)(CC(C)(C3)C1)C2. The number of thiazole rings is 1. The quantitative estimate of drug-likeness (QED) is 0.898. The number of hydrogen-bond donors (Lipinski definition) is 1. The Morgan fingerprint density at radius 1 is 1.24 bits per heavy atom. The van der Waals surface area contributed by atoms with E-state index in [4.69, 9.17) is 0 Å². The molecule has 3 atom stereocenters. The zero-order chi connectivity index (χ0) is 14.7. The molecule has 0 aromatic carbocycles. The Bertz CT molecular complexity index is 505. The molecule has 21 heavy (non-hydrogen) atoms. The van der Waals surface area contributed by atoms with Gasteiger partial charge in [0.2, 0.25) is 0 Å². The summed E-state index contributed by atoms with van der Waals surface area (Å²) in [5, 5.41) is 3.71. The molecule has 0 radical (unpaired) electrons. The van der Waals surface area contributed by atoms with E-state index in [0.29, 0.717) is 22.3 Å². The molecule has 0 spiro atoms. The second-order valence-electron chi connectivity index (χ2n) is 9.01. The summed E-state index contributed by atoms with van der Waals surface area (Å²) in [5.41, 5.74) is 3.72. The lowest BCUT2D eigenvalue weighted by atomic mass is 9.39. The van der Waals surface area contributed by atoms with Crippen LogP contribution in [0.3, 0.4) is 0 Å². The molecule has 3 unspecified atom stereocenters. The van der Waals surface area contributed by atoms with E-state index in [9.17, 15) is 0 Å². The zero-order valence-electron chi connectivity index (χ0n) is 13.6. The van der Waals surface area contributed by atoms with E-state index in [-0.39, 0.29) is 0 Å². The maximum Gasteiger partial charge on any atom is 0.0794 e. The van der Waals surface area contributed by atoms with Gasteiger partial charge in [-0.3, -0.25) is 4.98 Å². The largest absolute Gasteiger partial charge is 0.316 e. The first-order valence-electron chi connectivity index (χ1n) is 8.49. The number of likely N-dealkylation sites (N-methyl/N-ethyl adjacent to an activating group) is 1. The number of hydrogen-bond acceptors (Lipinski definition) is 3. The second-order valence-corrected chi connectivity index (χ2v) is 9.98. The van der Waals surface area contributed by atoms with Crippen LogP contribution in [0.25, 0.3) is 0 Å². The Kier molecular flexibility index (Phi) is 3.07. The molecule has 0 amide bonds. The predicted molar refractivity (Wildman–Crippen MR) is 88.5 cm³/mol. The van der Waals surface area contributed by atoms with Gasteiger partial charge in [-0.05, 0) is 74.2 Å². The van der Waals surface area contributed by atoms with Crippen molar-refractivity contribution in [3.8, 4) is 0 Å². The highest BCUT2D eigenvalue weighted by Gasteiger charge is 2.61. The van der Waals surface area contributed by atoms with E-state index in [1.165, 1.54) is 49.8 Å². The minimum atomic E-state index is 0.529. The van der Waals surface area contributed by atoms with Gasteiger partial charge in [0.05, 0.1) is 5.51 Å². The standard InChI is InChI=1S/C18H28N2S/c1-16-5-13-6-17(2,9-16)11-18(7-13,10-16)15(19-3)4-14-8-20-12-21-14/h8,12-13,15,19H,4-7,9-11H2,1-3H3. The Hall–Kier alpha value is -0.410. The summed E-state index contributed by atoms with van der Waals surface area (Å²) < 4.78 is 0. The summed E-state index contributed by atoms with van der Waals surface area (Å²) in [4.78, 5) is 5.72. The van der Waals surface area contributed by atoms with Gasteiger partial charge in [-0.25, -0.2) is 0 Å². The molecule has 1 aromatic rings. The predicted octanol–water partition coefficient (Wildman–Crippen LogP) is 4.27. The molecule has 0 aliphatic heterocycles. The topological polar surface area (TPSA) is 24.9 Å². The van der Waals surface area contributed by atoms with Gasteiger partial charge < -0.3 is 5.32 Å². The first-order valence-corrected chi connectivity index (χ1v) is 9.37. The third kappa shape index (κ3) is 2.28. The van der Waals surface area contributed by atoms with Crippen LogP contribution in [-0.2, 0) is 6.42 Å². The number of aromatic nitrogens is 1. The van der Waals surface area contributed by atoms with Crippen LogP contribution in [0.5, 0.6) is 0 Å². The molecule has 1 aromatic heterocycles. The van der Waals surface area contributed by atoms with Crippen LogP contribution in [0.15, 0.2) is 11.7 Å². The van der Waals surface area contributed by atoms with E-state index in [1.807, 2.05) is 16.8 Å². The van der Waals surface area contributed by atoms with Crippen LogP contribution in [0.4, 0.5) is 0 Å².